The molecule has 1 saturated carbocycles. The van der Waals surface area contributed by atoms with Gasteiger partial charge in [0, 0.05) is 12.6 Å². The summed E-state index contributed by atoms with van der Waals surface area (Å²) in [7, 11) is 3.04. The fraction of sp³-hybridized carbons (Fsp3) is 0.727. The highest BCUT2D eigenvalue weighted by molar-refractivity contribution is 6.13. The quantitative estimate of drug-likeness (QED) is 0.504. The second-order valence-corrected chi connectivity index (χ2v) is 4.58. The van der Waals surface area contributed by atoms with Crippen molar-refractivity contribution in [1.82, 2.24) is 10.2 Å². The molecule has 0 aromatic heterocycles. The Morgan fingerprint density at radius 3 is 2.35 bits per heavy atom. The van der Waals surface area contributed by atoms with Gasteiger partial charge in [0.2, 0.25) is 11.8 Å². The van der Waals surface area contributed by atoms with Crippen LogP contribution in [-0.2, 0) is 19.1 Å². The van der Waals surface area contributed by atoms with E-state index in [1.165, 1.54) is 12.0 Å². The number of amides is 2. The van der Waals surface area contributed by atoms with E-state index in [0.717, 1.165) is 0 Å². The van der Waals surface area contributed by atoms with E-state index in [4.69, 9.17) is 0 Å². The molecule has 0 spiro atoms. The minimum Gasteiger partial charge on any atom is -0.469 e. The van der Waals surface area contributed by atoms with Crippen LogP contribution in [-0.4, -0.2) is 49.4 Å². The molecule has 2 aliphatic rings. The van der Waals surface area contributed by atoms with E-state index in [1.807, 2.05) is 6.92 Å². The molecule has 2 rings (SSSR count). The van der Waals surface area contributed by atoms with Gasteiger partial charge in [-0.1, -0.05) is 0 Å². The maximum atomic E-state index is 11.9. The molecule has 2 amide bonds. The summed E-state index contributed by atoms with van der Waals surface area (Å²) in [6, 6.07) is 0.0528. The Bertz CT molecular complexity index is 360. The van der Waals surface area contributed by atoms with Gasteiger partial charge in [0.05, 0.1) is 24.9 Å². The van der Waals surface area contributed by atoms with Gasteiger partial charge in [-0.05, 0) is 14.0 Å². The Morgan fingerprint density at radius 1 is 1.41 bits per heavy atom. The van der Waals surface area contributed by atoms with Gasteiger partial charge in [-0.2, -0.15) is 0 Å². The number of ether oxygens (including phenoxy) is 1. The van der Waals surface area contributed by atoms with Crippen molar-refractivity contribution in [2.45, 2.75) is 13.0 Å². The number of likely N-dealkylation sites (tertiary alicyclic amines) is 1. The molecule has 1 heterocycles. The number of piperidine rings is 1. The predicted octanol–water partition coefficient (Wildman–Crippen LogP) is -1.00. The molecule has 0 aromatic carbocycles. The number of likely N-dealkylation sites (N-methyl/N-ethyl adjacent to an activating group) is 1. The zero-order valence-corrected chi connectivity index (χ0v) is 10.1. The van der Waals surface area contributed by atoms with Crippen molar-refractivity contribution in [2.24, 2.45) is 17.8 Å². The van der Waals surface area contributed by atoms with Crippen LogP contribution in [0.15, 0.2) is 0 Å². The smallest absolute Gasteiger partial charge is 0.310 e. The highest BCUT2D eigenvalue weighted by Gasteiger charge is 2.70. The zero-order chi connectivity index (χ0) is 12.7. The average Bonchev–Trinajstić information content (AvgIpc) is 3.02. The van der Waals surface area contributed by atoms with Crippen molar-refractivity contribution in [3.05, 3.63) is 0 Å². The molecule has 6 heteroatoms. The molecular formula is C11H16N2O4. The molecular weight excluding hydrogens is 224 g/mol. The number of nitrogens with zero attached hydrogens (tertiary/aromatic N) is 1. The van der Waals surface area contributed by atoms with Gasteiger partial charge in [0.1, 0.15) is 0 Å². The Balaban J connectivity index is 2.03. The number of esters is 1. The minimum atomic E-state index is -0.541. The van der Waals surface area contributed by atoms with Crippen molar-refractivity contribution < 1.29 is 19.1 Å². The lowest BCUT2D eigenvalue weighted by Crippen LogP contribution is -2.43. The van der Waals surface area contributed by atoms with Crippen molar-refractivity contribution in [3.8, 4) is 0 Å². The third-order valence-electron chi connectivity index (χ3n) is 3.54. The first-order valence-corrected chi connectivity index (χ1v) is 5.63. The maximum absolute atomic E-state index is 11.9. The number of fused-ring (bicyclic) bond motifs is 1. The lowest BCUT2D eigenvalue weighted by Gasteiger charge is -2.21. The van der Waals surface area contributed by atoms with Crippen molar-refractivity contribution in [1.29, 1.82) is 0 Å². The SMILES string of the molecule is CNC(C)CN1C(=O)C2C(C(=O)OC)C2C1=O. The van der Waals surface area contributed by atoms with E-state index in [9.17, 15) is 14.4 Å². The molecule has 6 nitrogen and oxygen atoms in total. The summed E-state index contributed by atoms with van der Waals surface area (Å²) in [6.07, 6.45) is 0. The van der Waals surface area contributed by atoms with Crippen LogP contribution in [0.25, 0.3) is 0 Å². The van der Waals surface area contributed by atoms with Crippen LogP contribution in [0.5, 0.6) is 0 Å². The second kappa shape index (κ2) is 4.10. The largest absolute Gasteiger partial charge is 0.469 e. The topological polar surface area (TPSA) is 75.7 Å². The van der Waals surface area contributed by atoms with Crippen LogP contribution in [0.3, 0.4) is 0 Å². The maximum Gasteiger partial charge on any atom is 0.310 e. The molecule has 2 fully saturated rings. The number of imide groups is 1. The number of carbonyl (C=O) groups is 3. The molecule has 3 unspecified atom stereocenters. The van der Waals surface area contributed by atoms with Crippen LogP contribution in [0.1, 0.15) is 6.92 Å². The minimum absolute atomic E-state index is 0.0528. The molecule has 1 N–H and O–H groups in total. The highest BCUT2D eigenvalue weighted by atomic mass is 16.5. The average molecular weight is 240 g/mol. The Hall–Kier alpha value is -1.43. The molecule has 0 radical (unpaired) electrons. The highest BCUT2D eigenvalue weighted by Crippen LogP contribution is 2.53. The first kappa shape index (κ1) is 12.0. The summed E-state index contributed by atoms with van der Waals surface area (Å²) in [5.74, 6) is -2.42. The fourth-order valence-electron chi connectivity index (χ4n) is 2.37. The van der Waals surface area contributed by atoms with E-state index in [1.54, 1.807) is 7.05 Å². The van der Waals surface area contributed by atoms with Gasteiger partial charge in [-0.3, -0.25) is 19.3 Å². The lowest BCUT2D eigenvalue weighted by atomic mass is 10.2. The molecule has 94 valence electrons. The van der Waals surface area contributed by atoms with E-state index in [2.05, 4.69) is 10.1 Å². The van der Waals surface area contributed by atoms with Crippen molar-refractivity contribution in [2.75, 3.05) is 20.7 Å². The summed E-state index contributed by atoms with van der Waals surface area (Å²) in [5.41, 5.74) is 0. The summed E-state index contributed by atoms with van der Waals surface area (Å²) in [4.78, 5) is 36.4. The van der Waals surface area contributed by atoms with E-state index in [-0.39, 0.29) is 17.9 Å². The number of hydrogen-bond acceptors (Lipinski definition) is 5. The monoisotopic (exact) mass is 240 g/mol. The Kier molecular flexibility index (Phi) is 2.91. The number of methoxy groups -OCH3 is 1. The number of carbonyl (C=O) groups excluding carboxylic acids is 3. The summed E-state index contributed by atoms with van der Waals surface area (Å²) in [5, 5.41) is 2.97. The molecule has 3 atom stereocenters. The fourth-order valence-corrected chi connectivity index (χ4v) is 2.37. The van der Waals surface area contributed by atoms with Gasteiger partial charge in [0.25, 0.3) is 0 Å². The molecule has 0 bridgehead atoms. The van der Waals surface area contributed by atoms with Gasteiger partial charge >= 0.3 is 5.97 Å². The van der Waals surface area contributed by atoms with Gasteiger partial charge < -0.3 is 10.1 Å². The molecule has 17 heavy (non-hydrogen) atoms. The Labute approximate surface area is 99.3 Å². The van der Waals surface area contributed by atoms with E-state index < -0.39 is 23.7 Å². The third kappa shape index (κ3) is 1.72. The second-order valence-electron chi connectivity index (χ2n) is 4.58. The van der Waals surface area contributed by atoms with Crippen LogP contribution in [0, 0.1) is 17.8 Å². The van der Waals surface area contributed by atoms with Crippen LogP contribution in [0.4, 0.5) is 0 Å². The van der Waals surface area contributed by atoms with Gasteiger partial charge in [-0.15, -0.1) is 0 Å². The van der Waals surface area contributed by atoms with Crippen LogP contribution >= 0.6 is 0 Å². The van der Waals surface area contributed by atoms with Crippen molar-refractivity contribution >= 4 is 17.8 Å². The summed E-state index contributed by atoms with van der Waals surface area (Å²) >= 11 is 0. The molecule has 1 aliphatic heterocycles. The molecule has 1 aliphatic carbocycles. The van der Waals surface area contributed by atoms with Crippen LogP contribution < -0.4 is 5.32 Å². The number of hydrogen-bond donors (Lipinski definition) is 1. The Morgan fingerprint density at radius 2 is 1.94 bits per heavy atom. The van der Waals surface area contributed by atoms with Crippen molar-refractivity contribution in [3.63, 3.8) is 0 Å². The van der Waals surface area contributed by atoms with Gasteiger partial charge in [-0.25, -0.2) is 0 Å². The normalized spacial score (nSPS) is 32.4. The first-order chi connectivity index (χ1) is 8.02. The van der Waals surface area contributed by atoms with Gasteiger partial charge in [0.15, 0.2) is 0 Å². The van der Waals surface area contributed by atoms with Crippen LogP contribution in [0.2, 0.25) is 0 Å². The standard InChI is InChI=1S/C11H16N2O4/c1-5(12-2)4-13-9(14)6-7(10(13)15)8(6)11(16)17-3/h5-8,12H,4H2,1-3H3. The first-order valence-electron chi connectivity index (χ1n) is 5.63. The third-order valence-corrected chi connectivity index (χ3v) is 3.54. The predicted molar refractivity (Wildman–Crippen MR) is 57.7 cm³/mol. The number of rotatable bonds is 4. The number of nitrogens with one attached hydrogen (secondary N) is 1. The summed E-state index contributed by atoms with van der Waals surface area (Å²) in [6.45, 7) is 2.25. The lowest BCUT2D eigenvalue weighted by molar-refractivity contribution is -0.150. The molecule has 0 aromatic rings. The van der Waals surface area contributed by atoms with E-state index in [0.29, 0.717) is 6.54 Å². The summed E-state index contributed by atoms with van der Waals surface area (Å²) < 4.78 is 4.57. The van der Waals surface area contributed by atoms with E-state index >= 15 is 0 Å². The zero-order valence-electron chi connectivity index (χ0n) is 10.1. The molecule has 1 saturated heterocycles.